The Morgan fingerprint density at radius 3 is 1.44 bits per heavy atom. The number of hydrogen-bond donors (Lipinski definition) is 1. The third-order valence-electron chi connectivity index (χ3n) is 0.942. The first kappa shape index (κ1) is 12.2. The molecule has 0 aromatic carbocycles. The third-order valence-corrected chi connectivity index (χ3v) is 0.942. The van der Waals surface area contributed by atoms with Crippen LogP contribution in [0.1, 0.15) is 26.7 Å². The van der Waals surface area contributed by atoms with Gasteiger partial charge in [-0.3, -0.25) is 0 Å². The highest BCUT2D eigenvalue weighted by Crippen LogP contribution is 1.91. The number of hydrogen-bond acceptors (Lipinski definition) is 1. The fourth-order valence-electron chi connectivity index (χ4n) is 0.289. The summed E-state index contributed by atoms with van der Waals surface area (Å²) in [5, 5.41) is 8.86. The minimum atomic E-state index is -0.0648. The van der Waals surface area contributed by atoms with Gasteiger partial charge in [0.2, 0.25) is 0 Å². The van der Waals surface area contributed by atoms with Crippen LogP contribution in [0.2, 0.25) is 0 Å². The van der Waals surface area contributed by atoms with Crippen molar-refractivity contribution >= 4 is 23.2 Å². The Morgan fingerprint density at radius 1 is 1.22 bits per heavy atom. The molecule has 0 radical (unpaired) electrons. The first-order valence-electron chi connectivity index (χ1n) is 3.02. The van der Waals surface area contributed by atoms with Gasteiger partial charge in [0, 0.05) is 0 Å². The van der Waals surface area contributed by atoms with Crippen LogP contribution in [-0.4, -0.2) is 16.5 Å². The molecule has 0 rings (SSSR count). The van der Waals surface area contributed by atoms with Crippen LogP contribution in [0.4, 0.5) is 0 Å². The summed E-state index contributed by atoms with van der Waals surface area (Å²) in [4.78, 5) is 0. The van der Waals surface area contributed by atoms with Gasteiger partial charge in [-0.1, -0.05) is 13.8 Å². The van der Waals surface area contributed by atoms with Gasteiger partial charge in [0.15, 0.2) is 0 Å². The lowest BCUT2D eigenvalue weighted by Crippen LogP contribution is -1.99. The second kappa shape index (κ2) is 11.4. The van der Waals surface area contributed by atoms with Crippen LogP contribution in [0.25, 0.3) is 0 Å². The molecular formula is C6H14Cl2O. The second-order valence-electron chi connectivity index (χ2n) is 1.57. The van der Waals surface area contributed by atoms with Crippen LogP contribution in [-0.2, 0) is 0 Å². The molecule has 3 heteroatoms. The van der Waals surface area contributed by atoms with Crippen molar-refractivity contribution in [2.75, 3.05) is 5.34 Å². The van der Waals surface area contributed by atoms with E-state index in [1.54, 1.807) is 0 Å². The van der Waals surface area contributed by atoms with Crippen molar-refractivity contribution in [1.82, 2.24) is 0 Å². The topological polar surface area (TPSA) is 20.2 Å². The van der Waals surface area contributed by atoms with E-state index in [-0.39, 0.29) is 11.4 Å². The van der Waals surface area contributed by atoms with Crippen molar-refractivity contribution in [3.8, 4) is 0 Å². The summed E-state index contributed by atoms with van der Waals surface area (Å²) >= 11 is 9.53. The lowest BCUT2D eigenvalue weighted by atomic mass is 10.2. The zero-order chi connectivity index (χ0) is 7.70. The Labute approximate surface area is 67.0 Å². The maximum Gasteiger partial charge on any atom is 0.0967 e. The molecule has 0 aliphatic heterocycles. The summed E-state index contributed by atoms with van der Waals surface area (Å²) < 4.78 is 0. The quantitative estimate of drug-likeness (QED) is 0.636. The molecule has 1 N–H and O–H groups in total. The van der Waals surface area contributed by atoms with E-state index in [0.29, 0.717) is 0 Å². The molecule has 0 bridgehead atoms. The highest BCUT2D eigenvalue weighted by Gasteiger charge is 1.90. The molecule has 0 heterocycles. The lowest BCUT2D eigenvalue weighted by molar-refractivity contribution is 0.166. The minimum Gasteiger partial charge on any atom is -0.393 e. The van der Waals surface area contributed by atoms with Crippen LogP contribution < -0.4 is 0 Å². The van der Waals surface area contributed by atoms with E-state index in [0.717, 1.165) is 12.8 Å². The Hall–Kier alpha value is 0.540. The third kappa shape index (κ3) is 17.7. The average Bonchev–Trinajstić information content (AvgIpc) is 1.88. The predicted molar refractivity (Wildman–Crippen MR) is 43.2 cm³/mol. The molecule has 0 saturated carbocycles. The Morgan fingerprint density at radius 2 is 1.44 bits per heavy atom. The molecule has 1 nitrogen and oxygen atoms in total. The van der Waals surface area contributed by atoms with E-state index in [1.165, 1.54) is 0 Å². The Bertz CT molecular complexity index is 38.0. The summed E-state index contributed by atoms with van der Waals surface area (Å²) in [6.45, 7) is 3.96. The van der Waals surface area contributed by atoms with E-state index < -0.39 is 0 Å². The normalized spacial score (nSPS) is 8.67. The largest absolute Gasteiger partial charge is 0.393 e. The highest BCUT2D eigenvalue weighted by molar-refractivity contribution is 6.40. The van der Waals surface area contributed by atoms with E-state index in [1.807, 2.05) is 13.8 Å². The molecule has 0 unspecified atom stereocenters. The van der Waals surface area contributed by atoms with Crippen molar-refractivity contribution < 1.29 is 5.11 Å². The minimum absolute atomic E-state index is 0.0648. The second-order valence-corrected chi connectivity index (χ2v) is 2.38. The predicted octanol–water partition coefficient (Wildman–Crippen LogP) is 2.59. The first-order valence-corrected chi connectivity index (χ1v) is 4.09. The van der Waals surface area contributed by atoms with Crippen molar-refractivity contribution in [1.29, 1.82) is 0 Å². The highest BCUT2D eigenvalue weighted by atomic mass is 35.5. The van der Waals surface area contributed by atoms with Crippen molar-refractivity contribution in [2.45, 2.75) is 32.8 Å². The molecule has 58 valence electrons. The van der Waals surface area contributed by atoms with E-state index in [2.05, 4.69) is 0 Å². The number of rotatable bonds is 2. The smallest absolute Gasteiger partial charge is 0.0967 e. The Kier molecular flexibility index (Phi) is 15.4. The lowest BCUT2D eigenvalue weighted by Gasteiger charge is -1.98. The summed E-state index contributed by atoms with van der Waals surface area (Å²) in [6.07, 6.45) is 1.71. The molecule has 0 amide bonds. The van der Waals surface area contributed by atoms with Crippen LogP contribution in [0.3, 0.4) is 0 Å². The number of alkyl halides is 2. The summed E-state index contributed by atoms with van der Waals surface area (Å²) in [5.74, 6) is 0. The van der Waals surface area contributed by atoms with Crippen LogP contribution in [0.15, 0.2) is 0 Å². The van der Waals surface area contributed by atoms with Gasteiger partial charge in [-0.2, -0.15) is 0 Å². The fourth-order valence-corrected chi connectivity index (χ4v) is 0.289. The number of aliphatic hydroxyl groups excluding tert-OH is 1. The summed E-state index contributed by atoms with van der Waals surface area (Å²) in [7, 11) is 0. The average molecular weight is 173 g/mol. The molecular weight excluding hydrogens is 159 g/mol. The molecule has 0 aromatic rings. The Balaban J connectivity index is 0. The fraction of sp³-hybridized carbons (Fsp3) is 1.00. The maximum absolute atomic E-state index is 8.67. The van der Waals surface area contributed by atoms with E-state index in [4.69, 9.17) is 28.3 Å². The monoisotopic (exact) mass is 172 g/mol. The zero-order valence-corrected chi connectivity index (χ0v) is 7.41. The van der Waals surface area contributed by atoms with Crippen LogP contribution in [0, 0.1) is 0 Å². The van der Waals surface area contributed by atoms with Gasteiger partial charge in [0.05, 0.1) is 11.4 Å². The molecule has 0 fully saturated rings. The molecule has 0 saturated heterocycles. The number of halogens is 2. The SMILES string of the molecule is CCC(O)CC.ClCCl. The van der Waals surface area contributed by atoms with Gasteiger partial charge >= 0.3 is 0 Å². The van der Waals surface area contributed by atoms with Crippen molar-refractivity contribution in [3.05, 3.63) is 0 Å². The van der Waals surface area contributed by atoms with Crippen molar-refractivity contribution in [2.24, 2.45) is 0 Å². The van der Waals surface area contributed by atoms with Gasteiger partial charge in [-0.05, 0) is 12.8 Å². The molecule has 0 spiro atoms. The van der Waals surface area contributed by atoms with Gasteiger partial charge in [0.25, 0.3) is 0 Å². The maximum atomic E-state index is 8.67. The molecule has 0 atom stereocenters. The molecule has 0 aliphatic carbocycles. The molecule has 9 heavy (non-hydrogen) atoms. The van der Waals surface area contributed by atoms with Crippen LogP contribution >= 0.6 is 23.2 Å². The molecule has 0 aliphatic rings. The standard InChI is InChI=1S/C5H12O.CH2Cl2/c1-3-5(6)4-2;2-1-3/h5-6H,3-4H2,1-2H3;1H2. The van der Waals surface area contributed by atoms with Crippen LogP contribution in [0.5, 0.6) is 0 Å². The zero-order valence-electron chi connectivity index (χ0n) is 5.90. The van der Waals surface area contributed by atoms with E-state index in [9.17, 15) is 0 Å². The first-order chi connectivity index (χ1) is 4.22. The van der Waals surface area contributed by atoms with Gasteiger partial charge < -0.3 is 5.11 Å². The summed E-state index contributed by atoms with van der Waals surface area (Å²) in [5.41, 5.74) is 0. The van der Waals surface area contributed by atoms with Gasteiger partial charge in [0.1, 0.15) is 0 Å². The van der Waals surface area contributed by atoms with Gasteiger partial charge in [-0.15, -0.1) is 23.2 Å². The van der Waals surface area contributed by atoms with Crippen molar-refractivity contribution in [3.63, 3.8) is 0 Å². The van der Waals surface area contributed by atoms with E-state index >= 15 is 0 Å². The summed E-state index contributed by atoms with van der Waals surface area (Å²) in [6, 6.07) is 0. The molecule has 0 aromatic heterocycles. The van der Waals surface area contributed by atoms with Gasteiger partial charge in [-0.25, -0.2) is 0 Å². The number of aliphatic hydroxyl groups is 1.